The van der Waals surface area contributed by atoms with Gasteiger partial charge < -0.3 is 0 Å². The van der Waals surface area contributed by atoms with Crippen LogP contribution in [-0.2, 0) is 6.42 Å². The molecule has 0 amide bonds. The molecule has 0 N–H and O–H groups in total. The van der Waals surface area contributed by atoms with Crippen molar-refractivity contribution in [2.24, 2.45) is 0 Å². The van der Waals surface area contributed by atoms with Gasteiger partial charge in [-0.25, -0.2) is 0 Å². The van der Waals surface area contributed by atoms with Crippen molar-refractivity contribution in [3.8, 4) is 11.1 Å². The van der Waals surface area contributed by atoms with E-state index in [1.54, 1.807) is 11.1 Å². The van der Waals surface area contributed by atoms with Crippen LogP contribution in [0, 0.1) is 0 Å². The molecule has 2 aromatic rings. The van der Waals surface area contributed by atoms with Gasteiger partial charge in [0, 0.05) is 0 Å². The molecule has 1 saturated carbocycles. The fourth-order valence-corrected chi connectivity index (χ4v) is 3.80. The van der Waals surface area contributed by atoms with Crippen molar-refractivity contribution >= 4 is 0 Å². The highest BCUT2D eigenvalue weighted by molar-refractivity contribution is 5.78. The van der Waals surface area contributed by atoms with Crippen molar-refractivity contribution in [3.63, 3.8) is 0 Å². The summed E-state index contributed by atoms with van der Waals surface area (Å²) in [5.41, 5.74) is 7.73. The normalized spacial score (nSPS) is 17.8. The third-order valence-electron chi connectivity index (χ3n) is 4.68. The van der Waals surface area contributed by atoms with Gasteiger partial charge in [-0.15, -0.1) is 0 Å². The summed E-state index contributed by atoms with van der Waals surface area (Å²) in [6.07, 6.45) is 6.78. The van der Waals surface area contributed by atoms with Gasteiger partial charge in [0.15, 0.2) is 0 Å². The van der Waals surface area contributed by atoms with Crippen molar-refractivity contribution in [1.29, 1.82) is 0 Å². The first-order valence-corrected chi connectivity index (χ1v) is 7.13. The Kier molecular flexibility index (Phi) is 2.29. The van der Waals surface area contributed by atoms with E-state index in [0.29, 0.717) is 0 Å². The van der Waals surface area contributed by atoms with Crippen molar-refractivity contribution in [3.05, 3.63) is 59.2 Å². The molecule has 0 heterocycles. The zero-order valence-corrected chi connectivity index (χ0v) is 10.7. The maximum Gasteiger partial charge on any atom is -0.00106 e. The Labute approximate surface area is 109 Å². The monoisotopic (exact) mass is 234 g/mol. The molecular weight excluding hydrogens is 216 g/mol. The van der Waals surface area contributed by atoms with E-state index in [4.69, 9.17) is 0 Å². The van der Waals surface area contributed by atoms with E-state index in [1.165, 1.54) is 42.4 Å². The number of hydrogen-bond acceptors (Lipinski definition) is 0. The molecule has 0 radical (unpaired) electrons. The standard InChI is InChI=1S/C18H18/c1-2-7-13(6-1)15-10-5-11-17-16-9-4-3-8-14(16)12-18(15)17/h3-5,8-11,13H,1-2,6-7,12H2. The summed E-state index contributed by atoms with van der Waals surface area (Å²) < 4.78 is 0. The van der Waals surface area contributed by atoms with Crippen LogP contribution in [0.3, 0.4) is 0 Å². The van der Waals surface area contributed by atoms with Gasteiger partial charge >= 0.3 is 0 Å². The molecule has 0 aromatic heterocycles. The predicted molar refractivity (Wildman–Crippen MR) is 75.9 cm³/mol. The Hall–Kier alpha value is -1.56. The summed E-state index contributed by atoms with van der Waals surface area (Å²) in [7, 11) is 0. The number of benzene rings is 2. The Morgan fingerprint density at radius 2 is 1.56 bits per heavy atom. The van der Waals surface area contributed by atoms with Crippen LogP contribution in [-0.4, -0.2) is 0 Å². The van der Waals surface area contributed by atoms with Gasteiger partial charge in [-0.2, -0.15) is 0 Å². The highest BCUT2D eigenvalue weighted by Gasteiger charge is 2.25. The predicted octanol–water partition coefficient (Wildman–Crippen LogP) is 4.92. The third-order valence-corrected chi connectivity index (χ3v) is 4.68. The van der Waals surface area contributed by atoms with E-state index in [1.807, 2.05) is 0 Å². The minimum Gasteiger partial charge on any atom is -0.0619 e. The van der Waals surface area contributed by atoms with Gasteiger partial charge in [-0.1, -0.05) is 55.3 Å². The first-order valence-electron chi connectivity index (χ1n) is 7.13. The summed E-state index contributed by atoms with van der Waals surface area (Å²) in [5.74, 6) is 0.828. The van der Waals surface area contributed by atoms with Gasteiger partial charge in [0.1, 0.15) is 0 Å². The largest absolute Gasteiger partial charge is 0.0619 e. The van der Waals surface area contributed by atoms with E-state index < -0.39 is 0 Å². The quantitative estimate of drug-likeness (QED) is 0.561. The fraction of sp³-hybridized carbons (Fsp3) is 0.333. The second kappa shape index (κ2) is 3.98. The lowest BCUT2D eigenvalue weighted by molar-refractivity contribution is 0.716. The summed E-state index contributed by atoms with van der Waals surface area (Å²) in [5, 5.41) is 0. The molecule has 0 heteroatoms. The molecule has 0 spiro atoms. The summed E-state index contributed by atoms with van der Waals surface area (Å²) in [4.78, 5) is 0. The topological polar surface area (TPSA) is 0 Å². The van der Waals surface area contributed by atoms with E-state index in [9.17, 15) is 0 Å². The Morgan fingerprint density at radius 3 is 2.44 bits per heavy atom. The molecular formula is C18H18. The van der Waals surface area contributed by atoms with Gasteiger partial charge in [0.25, 0.3) is 0 Å². The third kappa shape index (κ3) is 1.45. The Bertz CT molecular complexity index is 589. The molecule has 0 atom stereocenters. The molecule has 90 valence electrons. The molecule has 0 nitrogen and oxygen atoms in total. The van der Waals surface area contributed by atoms with E-state index >= 15 is 0 Å². The maximum absolute atomic E-state index is 2.38. The van der Waals surface area contributed by atoms with Gasteiger partial charge in [0.05, 0.1) is 0 Å². The van der Waals surface area contributed by atoms with Gasteiger partial charge in [0.2, 0.25) is 0 Å². The van der Waals surface area contributed by atoms with Gasteiger partial charge in [-0.05, 0) is 53.0 Å². The highest BCUT2D eigenvalue weighted by Crippen LogP contribution is 2.43. The average molecular weight is 234 g/mol. The van der Waals surface area contributed by atoms with Crippen LogP contribution < -0.4 is 0 Å². The second-order valence-corrected chi connectivity index (χ2v) is 5.69. The van der Waals surface area contributed by atoms with Crippen LogP contribution in [0.25, 0.3) is 11.1 Å². The summed E-state index contributed by atoms with van der Waals surface area (Å²) >= 11 is 0. The van der Waals surface area contributed by atoms with Crippen LogP contribution in [0.5, 0.6) is 0 Å². The minimum atomic E-state index is 0.828. The molecule has 0 aliphatic heterocycles. The van der Waals surface area contributed by atoms with Crippen LogP contribution >= 0.6 is 0 Å². The molecule has 1 fully saturated rings. The van der Waals surface area contributed by atoms with Crippen LogP contribution in [0.4, 0.5) is 0 Å². The Balaban J connectivity index is 1.86. The molecule has 2 aromatic carbocycles. The molecule has 2 aliphatic carbocycles. The first kappa shape index (κ1) is 10.4. The zero-order valence-electron chi connectivity index (χ0n) is 10.7. The molecule has 0 unspecified atom stereocenters. The Morgan fingerprint density at radius 1 is 0.778 bits per heavy atom. The maximum atomic E-state index is 2.38. The molecule has 0 bridgehead atoms. The van der Waals surface area contributed by atoms with Gasteiger partial charge in [-0.3, -0.25) is 0 Å². The fourth-order valence-electron chi connectivity index (χ4n) is 3.80. The van der Waals surface area contributed by atoms with Crippen molar-refractivity contribution in [2.75, 3.05) is 0 Å². The molecule has 0 saturated heterocycles. The van der Waals surface area contributed by atoms with Crippen molar-refractivity contribution < 1.29 is 0 Å². The molecule has 4 rings (SSSR count). The zero-order chi connectivity index (χ0) is 11.9. The lowest BCUT2D eigenvalue weighted by Crippen LogP contribution is -1.97. The van der Waals surface area contributed by atoms with Crippen molar-refractivity contribution in [2.45, 2.75) is 38.0 Å². The first-order chi connectivity index (χ1) is 8.93. The highest BCUT2D eigenvalue weighted by atomic mass is 14.3. The number of fused-ring (bicyclic) bond motifs is 3. The number of hydrogen-bond donors (Lipinski definition) is 0. The van der Waals surface area contributed by atoms with E-state index in [-0.39, 0.29) is 0 Å². The van der Waals surface area contributed by atoms with E-state index in [2.05, 4.69) is 42.5 Å². The number of rotatable bonds is 1. The van der Waals surface area contributed by atoms with Crippen LogP contribution in [0.1, 0.15) is 48.3 Å². The summed E-state index contributed by atoms with van der Waals surface area (Å²) in [6.45, 7) is 0. The SMILES string of the molecule is c1ccc2c(c1)Cc1c-2cccc1C1CCCC1. The average Bonchev–Trinajstić information content (AvgIpc) is 3.05. The smallest absolute Gasteiger partial charge is 0.00106 e. The molecule has 18 heavy (non-hydrogen) atoms. The molecule has 2 aliphatic rings. The minimum absolute atomic E-state index is 0.828. The van der Waals surface area contributed by atoms with E-state index in [0.717, 1.165) is 12.3 Å². The summed E-state index contributed by atoms with van der Waals surface area (Å²) in [6, 6.07) is 15.8. The van der Waals surface area contributed by atoms with Crippen LogP contribution in [0.15, 0.2) is 42.5 Å². The lowest BCUT2D eigenvalue weighted by Gasteiger charge is -2.14. The van der Waals surface area contributed by atoms with Crippen molar-refractivity contribution in [1.82, 2.24) is 0 Å². The van der Waals surface area contributed by atoms with Crippen LogP contribution in [0.2, 0.25) is 0 Å². The second-order valence-electron chi connectivity index (χ2n) is 5.69. The lowest BCUT2D eigenvalue weighted by atomic mass is 9.90.